The number of pyridine rings is 1. The number of piperidine rings is 1. The van der Waals surface area contributed by atoms with Gasteiger partial charge in [-0.05, 0) is 43.0 Å². The lowest BCUT2D eigenvalue weighted by Gasteiger charge is -2.46. The van der Waals surface area contributed by atoms with Crippen molar-refractivity contribution in [3.8, 4) is 0 Å². The minimum atomic E-state index is -0.721. The van der Waals surface area contributed by atoms with Crippen molar-refractivity contribution in [1.82, 2.24) is 9.88 Å². The van der Waals surface area contributed by atoms with E-state index in [0.717, 1.165) is 62.4 Å². The second-order valence-corrected chi connectivity index (χ2v) is 8.07. The van der Waals surface area contributed by atoms with Crippen LogP contribution in [0.3, 0.4) is 0 Å². The average molecular weight is 404 g/mol. The number of aromatic nitrogens is 1. The molecule has 6 nitrogen and oxygen atoms in total. The summed E-state index contributed by atoms with van der Waals surface area (Å²) in [6.07, 6.45) is 3.77. The van der Waals surface area contributed by atoms with Crippen molar-refractivity contribution in [1.29, 1.82) is 0 Å². The van der Waals surface area contributed by atoms with Crippen LogP contribution in [-0.4, -0.2) is 66.4 Å². The molecule has 1 aromatic carbocycles. The van der Waals surface area contributed by atoms with Gasteiger partial charge in [-0.2, -0.15) is 0 Å². The molecule has 0 saturated carbocycles. The monoisotopic (exact) mass is 403 g/mol. The molecule has 0 amide bonds. The van der Waals surface area contributed by atoms with Gasteiger partial charge in [0.05, 0.1) is 18.7 Å². The largest absolute Gasteiger partial charge is 0.481 e. The molecular formula is C21H26ClN3O3. The lowest BCUT2D eigenvalue weighted by molar-refractivity contribution is -0.137. The fraction of sp³-hybridized carbons (Fsp3) is 0.524. The van der Waals surface area contributed by atoms with Gasteiger partial charge in [-0.25, -0.2) is 0 Å². The van der Waals surface area contributed by atoms with E-state index in [2.05, 4.69) is 20.9 Å². The normalized spacial score (nSPS) is 23.8. The first-order valence-electron chi connectivity index (χ1n) is 9.94. The second kappa shape index (κ2) is 8.64. The molecule has 2 fully saturated rings. The number of nitrogens with zero attached hydrogens (tertiary/aromatic N) is 3. The predicted octanol–water partition coefficient (Wildman–Crippen LogP) is 3.28. The summed E-state index contributed by atoms with van der Waals surface area (Å²) < 4.78 is 5.51. The van der Waals surface area contributed by atoms with E-state index in [0.29, 0.717) is 23.4 Å². The van der Waals surface area contributed by atoms with Gasteiger partial charge in [-0.15, -0.1) is 0 Å². The molecule has 2 aliphatic heterocycles. The fourth-order valence-electron chi connectivity index (χ4n) is 4.60. The molecule has 0 bridgehead atoms. The molecule has 0 aliphatic carbocycles. The molecule has 1 N–H and O–H groups in total. The molecule has 2 atom stereocenters. The van der Waals surface area contributed by atoms with Gasteiger partial charge in [0, 0.05) is 60.9 Å². The van der Waals surface area contributed by atoms with Crippen molar-refractivity contribution in [3.05, 3.63) is 35.5 Å². The number of hydrogen-bond acceptors (Lipinski definition) is 5. The third-order valence-corrected chi connectivity index (χ3v) is 6.20. The number of carboxylic acid groups (broad SMARTS) is 1. The number of fused-ring (bicyclic) bond motifs is 1. The molecule has 2 unspecified atom stereocenters. The van der Waals surface area contributed by atoms with Crippen molar-refractivity contribution in [2.24, 2.45) is 5.92 Å². The van der Waals surface area contributed by atoms with Gasteiger partial charge in [0.1, 0.15) is 0 Å². The SMILES string of the molecule is O=C(O)CCC1CN(c2ccnc3cc(Cl)ccc23)CCC1N1CCOCC1. The van der Waals surface area contributed by atoms with Crippen molar-refractivity contribution in [2.45, 2.75) is 25.3 Å². The highest BCUT2D eigenvalue weighted by Gasteiger charge is 2.34. The van der Waals surface area contributed by atoms with Crippen molar-refractivity contribution in [3.63, 3.8) is 0 Å². The van der Waals surface area contributed by atoms with E-state index < -0.39 is 5.97 Å². The van der Waals surface area contributed by atoms with E-state index in [-0.39, 0.29) is 6.42 Å². The van der Waals surface area contributed by atoms with Crippen LogP contribution in [0.2, 0.25) is 5.02 Å². The van der Waals surface area contributed by atoms with E-state index in [9.17, 15) is 9.90 Å². The van der Waals surface area contributed by atoms with Gasteiger partial charge in [0.25, 0.3) is 0 Å². The third kappa shape index (κ3) is 4.24. The van der Waals surface area contributed by atoms with Gasteiger partial charge in [-0.3, -0.25) is 14.7 Å². The number of benzene rings is 1. The van der Waals surface area contributed by atoms with Crippen LogP contribution in [0.4, 0.5) is 5.69 Å². The minimum Gasteiger partial charge on any atom is -0.481 e. The molecule has 28 heavy (non-hydrogen) atoms. The minimum absolute atomic E-state index is 0.214. The van der Waals surface area contributed by atoms with Crippen LogP contribution in [0.15, 0.2) is 30.5 Å². The fourth-order valence-corrected chi connectivity index (χ4v) is 4.77. The topological polar surface area (TPSA) is 65.9 Å². The average Bonchev–Trinajstić information content (AvgIpc) is 2.72. The maximum atomic E-state index is 11.2. The standard InChI is InChI=1S/C21H26ClN3O3/c22-16-2-3-17-18(13-16)23-7-5-20(17)25-8-6-19(24-9-11-28-12-10-24)15(14-25)1-4-21(26)27/h2-3,5,7,13,15,19H,1,4,6,8-12,14H2,(H,26,27). The van der Waals surface area contributed by atoms with Gasteiger partial charge in [0.15, 0.2) is 0 Å². The van der Waals surface area contributed by atoms with Crippen molar-refractivity contribution < 1.29 is 14.6 Å². The summed E-state index contributed by atoms with van der Waals surface area (Å²) in [6, 6.07) is 8.29. The molecule has 2 aliphatic rings. The number of anilines is 1. The van der Waals surface area contributed by atoms with E-state index in [4.69, 9.17) is 16.3 Å². The Morgan fingerprint density at radius 3 is 2.86 bits per heavy atom. The van der Waals surface area contributed by atoms with Crippen LogP contribution < -0.4 is 4.90 Å². The summed E-state index contributed by atoms with van der Waals surface area (Å²) in [5.74, 6) is -0.402. The molecule has 3 heterocycles. The molecule has 4 rings (SSSR count). The smallest absolute Gasteiger partial charge is 0.303 e. The molecule has 2 saturated heterocycles. The number of rotatable bonds is 5. The van der Waals surface area contributed by atoms with Crippen LogP contribution in [-0.2, 0) is 9.53 Å². The number of morpholine rings is 1. The Hall–Kier alpha value is -1.89. The Morgan fingerprint density at radius 2 is 2.07 bits per heavy atom. The van der Waals surface area contributed by atoms with Gasteiger partial charge in [0.2, 0.25) is 0 Å². The summed E-state index contributed by atoms with van der Waals surface area (Å²) in [5, 5.41) is 11.0. The van der Waals surface area contributed by atoms with Crippen LogP contribution in [0, 0.1) is 5.92 Å². The zero-order valence-corrected chi connectivity index (χ0v) is 16.6. The van der Waals surface area contributed by atoms with Crippen LogP contribution >= 0.6 is 11.6 Å². The zero-order valence-electron chi connectivity index (χ0n) is 15.9. The van der Waals surface area contributed by atoms with E-state index in [1.54, 1.807) is 0 Å². The summed E-state index contributed by atoms with van der Waals surface area (Å²) in [7, 11) is 0. The number of aliphatic carboxylic acids is 1. The van der Waals surface area contributed by atoms with Crippen LogP contribution in [0.5, 0.6) is 0 Å². The molecule has 1 aromatic heterocycles. The first-order chi connectivity index (χ1) is 13.6. The predicted molar refractivity (Wildman–Crippen MR) is 110 cm³/mol. The van der Waals surface area contributed by atoms with Crippen molar-refractivity contribution in [2.75, 3.05) is 44.3 Å². The van der Waals surface area contributed by atoms with Gasteiger partial charge in [-0.1, -0.05) is 11.6 Å². The molecular weight excluding hydrogens is 378 g/mol. The second-order valence-electron chi connectivity index (χ2n) is 7.63. The first kappa shape index (κ1) is 19.4. The van der Waals surface area contributed by atoms with E-state index in [1.807, 2.05) is 24.4 Å². The third-order valence-electron chi connectivity index (χ3n) is 5.96. The number of carbonyl (C=O) groups is 1. The maximum absolute atomic E-state index is 11.2. The molecule has 2 aromatic rings. The number of halogens is 1. The Kier molecular flexibility index (Phi) is 5.99. The highest BCUT2D eigenvalue weighted by atomic mass is 35.5. The Morgan fingerprint density at radius 1 is 1.25 bits per heavy atom. The highest BCUT2D eigenvalue weighted by molar-refractivity contribution is 6.31. The molecule has 0 radical (unpaired) electrons. The number of carboxylic acids is 1. The Labute approximate surface area is 170 Å². The lowest BCUT2D eigenvalue weighted by Crippen LogP contribution is -2.54. The lowest BCUT2D eigenvalue weighted by atomic mass is 9.86. The Bertz CT molecular complexity index is 841. The van der Waals surface area contributed by atoms with E-state index >= 15 is 0 Å². The highest BCUT2D eigenvalue weighted by Crippen LogP contribution is 2.33. The van der Waals surface area contributed by atoms with Gasteiger partial charge < -0.3 is 14.7 Å². The van der Waals surface area contributed by atoms with E-state index in [1.165, 1.54) is 0 Å². The van der Waals surface area contributed by atoms with Crippen LogP contribution in [0.1, 0.15) is 19.3 Å². The summed E-state index contributed by atoms with van der Waals surface area (Å²) >= 11 is 6.13. The quantitative estimate of drug-likeness (QED) is 0.826. The number of hydrogen-bond donors (Lipinski definition) is 1. The van der Waals surface area contributed by atoms with Crippen LogP contribution in [0.25, 0.3) is 10.9 Å². The summed E-state index contributed by atoms with van der Waals surface area (Å²) in [4.78, 5) is 20.6. The van der Waals surface area contributed by atoms with Gasteiger partial charge >= 0.3 is 5.97 Å². The van der Waals surface area contributed by atoms with Crippen molar-refractivity contribution >= 4 is 34.2 Å². The zero-order chi connectivity index (χ0) is 19.5. The summed E-state index contributed by atoms with van der Waals surface area (Å²) in [5.41, 5.74) is 2.05. The molecule has 150 valence electrons. The summed E-state index contributed by atoms with van der Waals surface area (Å²) in [6.45, 7) is 5.21. The molecule has 7 heteroatoms. The maximum Gasteiger partial charge on any atom is 0.303 e. The Balaban J connectivity index is 1.57. The number of ether oxygens (including phenoxy) is 1. The molecule has 0 spiro atoms. The first-order valence-corrected chi connectivity index (χ1v) is 10.3.